The Morgan fingerprint density at radius 2 is 1.83 bits per heavy atom. The number of sulfonamides is 1. The highest BCUT2D eigenvalue weighted by atomic mass is 32.2. The van der Waals surface area contributed by atoms with E-state index in [0.717, 1.165) is 0 Å². The second kappa shape index (κ2) is 7.98. The molecule has 2 rings (SSSR count). The molecule has 1 fully saturated rings. The molecule has 134 valence electrons. The standard InChI is InChI=1S/C17H27N3O3S/c1-12(13-7-5-4-6-8-13)20-16-10-9-14(24(22,23)19-3)11-15(16)17(21)18-2/h9-13,19-20H,4-8H2,1-3H3,(H,18,21)/t12-/m1/s1. The predicted octanol–water partition coefficient (Wildman–Crippen LogP) is 2.33. The van der Waals surface area contributed by atoms with Crippen LogP contribution in [0.1, 0.15) is 49.4 Å². The van der Waals surface area contributed by atoms with Gasteiger partial charge in [-0.2, -0.15) is 0 Å². The Hall–Kier alpha value is -1.60. The summed E-state index contributed by atoms with van der Waals surface area (Å²) in [6.45, 7) is 2.13. The van der Waals surface area contributed by atoms with Crippen LogP contribution in [0, 0.1) is 5.92 Å². The first-order chi connectivity index (χ1) is 11.4. The fourth-order valence-electron chi connectivity index (χ4n) is 3.25. The van der Waals surface area contributed by atoms with Crippen molar-refractivity contribution < 1.29 is 13.2 Å². The summed E-state index contributed by atoms with van der Waals surface area (Å²) in [5, 5.41) is 5.99. The Morgan fingerprint density at radius 1 is 1.17 bits per heavy atom. The second-order valence-electron chi connectivity index (χ2n) is 6.33. The molecule has 0 saturated heterocycles. The minimum Gasteiger partial charge on any atom is -0.382 e. The third kappa shape index (κ3) is 4.27. The minimum atomic E-state index is -3.59. The molecule has 1 aromatic rings. The van der Waals surface area contributed by atoms with E-state index in [2.05, 4.69) is 22.3 Å². The Balaban J connectivity index is 2.29. The second-order valence-corrected chi connectivity index (χ2v) is 8.21. The van der Waals surface area contributed by atoms with Crippen molar-refractivity contribution in [2.24, 2.45) is 5.92 Å². The van der Waals surface area contributed by atoms with Crippen LogP contribution in [-0.4, -0.2) is 34.5 Å². The van der Waals surface area contributed by atoms with Crippen LogP contribution in [0.4, 0.5) is 5.69 Å². The van der Waals surface area contributed by atoms with Gasteiger partial charge in [0.1, 0.15) is 0 Å². The van der Waals surface area contributed by atoms with Crippen LogP contribution in [-0.2, 0) is 10.0 Å². The lowest BCUT2D eigenvalue weighted by molar-refractivity contribution is 0.0963. The molecule has 1 aliphatic rings. The third-order valence-electron chi connectivity index (χ3n) is 4.78. The van der Waals surface area contributed by atoms with Gasteiger partial charge in [-0.15, -0.1) is 0 Å². The summed E-state index contributed by atoms with van der Waals surface area (Å²) in [5.41, 5.74) is 1.01. The SMILES string of the molecule is CNC(=O)c1cc(S(=O)(=O)NC)ccc1N[C@H](C)C1CCCCC1. The molecule has 1 amide bonds. The lowest BCUT2D eigenvalue weighted by Gasteiger charge is -2.29. The number of benzene rings is 1. The van der Waals surface area contributed by atoms with E-state index >= 15 is 0 Å². The van der Waals surface area contributed by atoms with E-state index in [9.17, 15) is 13.2 Å². The Labute approximate surface area is 144 Å². The van der Waals surface area contributed by atoms with Gasteiger partial charge in [0.2, 0.25) is 10.0 Å². The largest absolute Gasteiger partial charge is 0.382 e. The summed E-state index contributed by atoms with van der Waals surface area (Å²) in [4.78, 5) is 12.3. The molecular weight excluding hydrogens is 326 g/mol. The van der Waals surface area contributed by atoms with Crippen LogP contribution in [0.5, 0.6) is 0 Å². The molecule has 6 nitrogen and oxygen atoms in total. The summed E-state index contributed by atoms with van der Waals surface area (Å²) in [6.07, 6.45) is 6.17. The fourth-order valence-corrected chi connectivity index (χ4v) is 4.01. The van der Waals surface area contributed by atoms with Crippen LogP contribution in [0.25, 0.3) is 0 Å². The summed E-state index contributed by atoms with van der Waals surface area (Å²) in [7, 11) is -0.695. The van der Waals surface area contributed by atoms with E-state index in [4.69, 9.17) is 0 Å². The first-order valence-electron chi connectivity index (χ1n) is 8.45. The van der Waals surface area contributed by atoms with Gasteiger partial charge < -0.3 is 10.6 Å². The molecular formula is C17H27N3O3S. The van der Waals surface area contributed by atoms with E-state index < -0.39 is 10.0 Å². The molecule has 0 bridgehead atoms. The van der Waals surface area contributed by atoms with Crippen molar-refractivity contribution in [2.45, 2.75) is 50.0 Å². The van der Waals surface area contributed by atoms with Crippen molar-refractivity contribution in [3.8, 4) is 0 Å². The van der Waals surface area contributed by atoms with Gasteiger partial charge in [-0.25, -0.2) is 13.1 Å². The van der Waals surface area contributed by atoms with Gasteiger partial charge in [-0.05, 0) is 50.9 Å². The summed E-state index contributed by atoms with van der Waals surface area (Å²) in [6, 6.07) is 4.85. The van der Waals surface area contributed by atoms with E-state index in [0.29, 0.717) is 17.2 Å². The molecule has 0 radical (unpaired) electrons. The monoisotopic (exact) mass is 353 g/mol. The maximum absolute atomic E-state index is 12.2. The van der Waals surface area contributed by atoms with E-state index in [1.165, 1.54) is 58.3 Å². The van der Waals surface area contributed by atoms with Crippen molar-refractivity contribution in [3.05, 3.63) is 23.8 Å². The highest BCUT2D eigenvalue weighted by Gasteiger charge is 2.23. The van der Waals surface area contributed by atoms with Gasteiger partial charge in [-0.1, -0.05) is 19.3 Å². The summed E-state index contributed by atoms with van der Waals surface area (Å²) in [5.74, 6) is 0.276. The summed E-state index contributed by atoms with van der Waals surface area (Å²) < 4.78 is 26.2. The number of hydrogen-bond donors (Lipinski definition) is 3. The molecule has 1 aliphatic carbocycles. The average molecular weight is 353 g/mol. The van der Waals surface area contributed by atoms with Gasteiger partial charge >= 0.3 is 0 Å². The number of rotatable bonds is 6. The first-order valence-corrected chi connectivity index (χ1v) is 9.93. The molecule has 1 saturated carbocycles. The zero-order valence-electron chi connectivity index (χ0n) is 14.6. The van der Waals surface area contributed by atoms with Crippen molar-refractivity contribution >= 4 is 21.6 Å². The molecule has 7 heteroatoms. The Bertz CT molecular complexity index is 682. The highest BCUT2D eigenvalue weighted by molar-refractivity contribution is 7.89. The molecule has 0 aliphatic heterocycles. The van der Waals surface area contributed by atoms with Crippen LogP contribution in [0.3, 0.4) is 0 Å². The number of carbonyl (C=O) groups excluding carboxylic acids is 1. The van der Waals surface area contributed by atoms with Crippen molar-refractivity contribution in [1.29, 1.82) is 0 Å². The maximum atomic E-state index is 12.2. The smallest absolute Gasteiger partial charge is 0.253 e. The number of carbonyl (C=O) groups is 1. The molecule has 24 heavy (non-hydrogen) atoms. The average Bonchev–Trinajstić information content (AvgIpc) is 2.61. The van der Waals surface area contributed by atoms with Gasteiger partial charge in [-0.3, -0.25) is 4.79 Å². The fraction of sp³-hybridized carbons (Fsp3) is 0.588. The lowest BCUT2D eigenvalue weighted by atomic mass is 9.84. The number of anilines is 1. The van der Waals surface area contributed by atoms with Crippen molar-refractivity contribution in [1.82, 2.24) is 10.0 Å². The molecule has 3 N–H and O–H groups in total. The zero-order chi connectivity index (χ0) is 17.7. The van der Waals surface area contributed by atoms with Crippen molar-refractivity contribution in [2.75, 3.05) is 19.4 Å². The molecule has 0 aromatic heterocycles. The van der Waals surface area contributed by atoms with Gasteiger partial charge in [0.05, 0.1) is 10.5 Å². The molecule has 1 atom stereocenters. The lowest BCUT2D eigenvalue weighted by Crippen LogP contribution is -2.29. The number of amides is 1. The quantitative estimate of drug-likeness (QED) is 0.732. The third-order valence-corrected chi connectivity index (χ3v) is 6.19. The Morgan fingerprint density at radius 3 is 2.42 bits per heavy atom. The van der Waals surface area contributed by atoms with Crippen LogP contribution >= 0.6 is 0 Å². The predicted molar refractivity (Wildman–Crippen MR) is 95.7 cm³/mol. The van der Waals surface area contributed by atoms with Crippen LogP contribution in [0.2, 0.25) is 0 Å². The molecule has 0 spiro atoms. The van der Waals surface area contributed by atoms with Gasteiger partial charge in [0.25, 0.3) is 5.91 Å². The van der Waals surface area contributed by atoms with Crippen LogP contribution in [0.15, 0.2) is 23.1 Å². The Kier molecular flexibility index (Phi) is 6.23. The maximum Gasteiger partial charge on any atom is 0.253 e. The molecule has 1 aromatic carbocycles. The van der Waals surface area contributed by atoms with E-state index in [1.54, 1.807) is 6.07 Å². The highest BCUT2D eigenvalue weighted by Crippen LogP contribution is 2.29. The normalized spacial score (nSPS) is 17.3. The van der Waals surface area contributed by atoms with E-state index in [1.807, 2.05) is 0 Å². The topological polar surface area (TPSA) is 87.3 Å². The van der Waals surface area contributed by atoms with Gasteiger partial charge in [0, 0.05) is 18.8 Å². The summed E-state index contributed by atoms with van der Waals surface area (Å²) >= 11 is 0. The minimum absolute atomic E-state index is 0.0828. The molecule has 0 heterocycles. The number of nitrogens with one attached hydrogen (secondary N) is 3. The van der Waals surface area contributed by atoms with Crippen LogP contribution < -0.4 is 15.4 Å². The number of hydrogen-bond acceptors (Lipinski definition) is 4. The van der Waals surface area contributed by atoms with Gasteiger partial charge in [0.15, 0.2) is 0 Å². The van der Waals surface area contributed by atoms with Crippen molar-refractivity contribution in [3.63, 3.8) is 0 Å². The van der Waals surface area contributed by atoms with E-state index in [-0.39, 0.29) is 16.8 Å². The zero-order valence-corrected chi connectivity index (χ0v) is 15.4. The molecule has 0 unspecified atom stereocenters. The first kappa shape index (κ1) is 18.7.